The van der Waals surface area contributed by atoms with Crippen LogP contribution in [0.3, 0.4) is 0 Å². The summed E-state index contributed by atoms with van der Waals surface area (Å²) in [6, 6.07) is 16.0. The van der Waals surface area contributed by atoms with Gasteiger partial charge in [0.15, 0.2) is 0 Å². The number of benzene rings is 2. The van der Waals surface area contributed by atoms with Crippen molar-refractivity contribution in [3.63, 3.8) is 0 Å². The van der Waals surface area contributed by atoms with E-state index < -0.39 is 23.4 Å². The summed E-state index contributed by atoms with van der Waals surface area (Å²) in [5.74, 6) is -0.784. The van der Waals surface area contributed by atoms with Gasteiger partial charge in [-0.2, -0.15) is 0 Å². The summed E-state index contributed by atoms with van der Waals surface area (Å²) < 4.78 is 0. The van der Waals surface area contributed by atoms with Gasteiger partial charge in [-0.25, -0.2) is 4.79 Å². The molecule has 2 atom stereocenters. The molecule has 146 valence electrons. The Bertz CT molecular complexity index is 903. The lowest BCUT2D eigenvalue weighted by atomic mass is 9.92. The summed E-state index contributed by atoms with van der Waals surface area (Å²) in [5.41, 5.74) is 0.298. The average molecular weight is 400 g/mol. The number of hydrogen-bond acceptors (Lipinski definition) is 3. The first kappa shape index (κ1) is 19.9. The Labute approximate surface area is 168 Å². The number of amides is 4. The van der Waals surface area contributed by atoms with Gasteiger partial charge >= 0.3 is 6.03 Å². The minimum Gasteiger partial charge on any atom is -0.354 e. The lowest BCUT2D eigenvalue weighted by molar-refractivity contribution is -0.134. The molecule has 0 bridgehead atoms. The minimum atomic E-state index is -1.30. The Hall–Kier alpha value is -2.86. The average Bonchev–Trinajstić information content (AvgIpc) is 2.91. The summed E-state index contributed by atoms with van der Waals surface area (Å²) in [4.78, 5) is 38.5. The van der Waals surface area contributed by atoms with Gasteiger partial charge in [-0.15, -0.1) is 0 Å². The number of hydrogen-bond donors (Lipinski definition) is 2. The van der Waals surface area contributed by atoms with Crippen LogP contribution in [0.15, 0.2) is 54.6 Å². The van der Waals surface area contributed by atoms with E-state index in [1.807, 2.05) is 37.3 Å². The number of nitrogens with zero attached hydrogens (tertiary/aromatic N) is 1. The Balaban J connectivity index is 1.64. The first-order valence-electron chi connectivity index (χ1n) is 9.03. The molecule has 2 N–H and O–H groups in total. The molecule has 0 unspecified atom stereocenters. The summed E-state index contributed by atoms with van der Waals surface area (Å²) in [7, 11) is 0. The Morgan fingerprint density at radius 1 is 1.14 bits per heavy atom. The number of carbonyl (C=O) groups excluding carboxylic acids is 3. The van der Waals surface area contributed by atoms with Crippen LogP contribution in [0.5, 0.6) is 0 Å². The molecule has 0 spiro atoms. The lowest BCUT2D eigenvalue weighted by Gasteiger charge is -2.23. The molecular formula is C21H22ClN3O3. The van der Waals surface area contributed by atoms with Crippen molar-refractivity contribution in [2.24, 2.45) is 0 Å². The van der Waals surface area contributed by atoms with Crippen LogP contribution >= 0.6 is 11.6 Å². The molecule has 0 aromatic heterocycles. The molecule has 3 rings (SSSR count). The van der Waals surface area contributed by atoms with Crippen LogP contribution in [0.1, 0.15) is 30.9 Å². The van der Waals surface area contributed by atoms with Crippen LogP contribution in [-0.4, -0.2) is 35.8 Å². The van der Waals surface area contributed by atoms with Crippen LogP contribution in [0.2, 0.25) is 5.02 Å². The molecule has 1 heterocycles. The fourth-order valence-electron chi connectivity index (χ4n) is 3.26. The normalized spacial score (nSPS) is 20.0. The molecular weight excluding hydrogens is 378 g/mol. The van der Waals surface area contributed by atoms with E-state index in [0.717, 1.165) is 10.5 Å². The van der Waals surface area contributed by atoms with Crippen molar-refractivity contribution in [2.75, 3.05) is 13.1 Å². The van der Waals surface area contributed by atoms with Gasteiger partial charge in [0.1, 0.15) is 12.1 Å². The van der Waals surface area contributed by atoms with Gasteiger partial charge in [0.05, 0.1) is 0 Å². The largest absolute Gasteiger partial charge is 0.354 e. The van der Waals surface area contributed by atoms with Crippen molar-refractivity contribution in [2.45, 2.75) is 25.3 Å². The topological polar surface area (TPSA) is 78.5 Å². The zero-order valence-corrected chi connectivity index (χ0v) is 16.5. The van der Waals surface area contributed by atoms with E-state index in [-0.39, 0.29) is 12.5 Å². The summed E-state index contributed by atoms with van der Waals surface area (Å²) in [6.07, 6.45) is 0. The third kappa shape index (κ3) is 3.87. The second-order valence-electron chi connectivity index (χ2n) is 7.04. The van der Waals surface area contributed by atoms with Crippen LogP contribution < -0.4 is 10.6 Å². The van der Waals surface area contributed by atoms with E-state index in [0.29, 0.717) is 17.1 Å². The Kier molecular flexibility index (Phi) is 5.70. The predicted molar refractivity (Wildman–Crippen MR) is 107 cm³/mol. The molecule has 0 radical (unpaired) electrons. The molecule has 0 saturated carbocycles. The van der Waals surface area contributed by atoms with Crippen LogP contribution in [0.4, 0.5) is 4.79 Å². The highest BCUT2D eigenvalue weighted by atomic mass is 35.5. The van der Waals surface area contributed by atoms with Gasteiger partial charge in [0.25, 0.3) is 5.91 Å². The zero-order valence-electron chi connectivity index (χ0n) is 15.7. The SMILES string of the molecule is C[C@@H](CNC(=O)CN1C(=O)N[C@@](C)(c2ccccc2Cl)C1=O)c1ccccc1. The van der Waals surface area contributed by atoms with Crippen LogP contribution in [0.25, 0.3) is 0 Å². The van der Waals surface area contributed by atoms with E-state index in [4.69, 9.17) is 11.6 Å². The fraction of sp³-hybridized carbons (Fsp3) is 0.286. The first-order chi connectivity index (χ1) is 13.3. The number of imide groups is 1. The van der Waals surface area contributed by atoms with Gasteiger partial charge in [-0.3, -0.25) is 14.5 Å². The standard InChI is InChI=1S/C21H22ClN3O3/c1-14(15-8-4-3-5-9-15)12-23-18(26)13-25-19(27)21(2,24-20(25)28)16-10-6-7-11-17(16)22/h3-11,14H,12-13H2,1-2H3,(H,23,26)(H,24,28)/t14-,21-/m0/s1. The second kappa shape index (κ2) is 8.02. The predicted octanol–water partition coefficient (Wildman–Crippen LogP) is 3.03. The van der Waals surface area contributed by atoms with Gasteiger partial charge in [-0.1, -0.05) is 67.1 Å². The molecule has 1 aliphatic rings. The Morgan fingerprint density at radius 3 is 2.46 bits per heavy atom. The molecule has 1 fully saturated rings. The number of urea groups is 1. The highest BCUT2D eigenvalue weighted by Crippen LogP contribution is 2.33. The molecule has 1 saturated heterocycles. The third-order valence-corrected chi connectivity index (χ3v) is 5.29. The van der Waals surface area contributed by atoms with E-state index in [9.17, 15) is 14.4 Å². The molecule has 2 aromatic rings. The molecule has 0 aliphatic carbocycles. The van der Waals surface area contributed by atoms with E-state index >= 15 is 0 Å². The third-order valence-electron chi connectivity index (χ3n) is 4.96. The summed E-state index contributed by atoms with van der Waals surface area (Å²) in [5, 5.41) is 5.82. The summed E-state index contributed by atoms with van der Waals surface area (Å²) >= 11 is 6.20. The minimum absolute atomic E-state index is 0.113. The van der Waals surface area contributed by atoms with Gasteiger partial charge in [-0.05, 0) is 24.5 Å². The van der Waals surface area contributed by atoms with Crippen LogP contribution in [0, 0.1) is 0 Å². The van der Waals surface area contributed by atoms with Gasteiger partial charge < -0.3 is 10.6 Å². The highest BCUT2D eigenvalue weighted by molar-refractivity contribution is 6.32. The lowest BCUT2D eigenvalue weighted by Crippen LogP contribution is -2.43. The van der Waals surface area contributed by atoms with Crippen molar-refractivity contribution in [3.05, 3.63) is 70.7 Å². The molecule has 6 nitrogen and oxygen atoms in total. The van der Waals surface area contributed by atoms with Crippen molar-refractivity contribution >= 4 is 29.4 Å². The molecule has 28 heavy (non-hydrogen) atoms. The number of carbonyl (C=O) groups is 3. The maximum absolute atomic E-state index is 12.9. The van der Waals surface area contributed by atoms with E-state index in [2.05, 4.69) is 10.6 Å². The Morgan fingerprint density at radius 2 is 1.79 bits per heavy atom. The van der Waals surface area contributed by atoms with Crippen molar-refractivity contribution in [1.82, 2.24) is 15.5 Å². The zero-order chi connectivity index (χ0) is 20.3. The van der Waals surface area contributed by atoms with Gasteiger partial charge in [0.2, 0.25) is 5.91 Å². The molecule has 1 aliphatic heterocycles. The smallest absolute Gasteiger partial charge is 0.325 e. The first-order valence-corrected chi connectivity index (χ1v) is 9.41. The van der Waals surface area contributed by atoms with Gasteiger partial charge in [0, 0.05) is 17.1 Å². The van der Waals surface area contributed by atoms with E-state index in [1.54, 1.807) is 31.2 Å². The fourth-order valence-corrected chi connectivity index (χ4v) is 3.58. The maximum atomic E-state index is 12.9. The highest BCUT2D eigenvalue weighted by Gasteiger charge is 2.50. The summed E-state index contributed by atoms with van der Waals surface area (Å²) in [6.45, 7) is 3.65. The van der Waals surface area contributed by atoms with Crippen molar-refractivity contribution in [1.29, 1.82) is 0 Å². The monoisotopic (exact) mass is 399 g/mol. The van der Waals surface area contributed by atoms with E-state index in [1.165, 1.54) is 0 Å². The quantitative estimate of drug-likeness (QED) is 0.733. The maximum Gasteiger partial charge on any atom is 0.325 e. The van der Waals surface area contributed by atoms with Crippen LogP contribution in [-0.2, 0) is 15.1 Å². The molecule has 7 heteroatoms. The number of halogens is 1. The molecule has 2 aromatic carbocycles. The van der Waals surface area contributed by atoms with Crippen molar-refractivity contribution < 1.29 is 14.4 Å². The number of nitrogens with one attached hydrogen (secondary N) is 2. The second-order valence-corrected chi connectivity index (χ2v) is 7.45. The molecule has 4 amide bonds. The van der Waals surface area contributed by atoms with Crippen molar-refractivity contribution in [3.8, 4) is 0 Å². The number of rotatable bonds is 6.